The summed E-state index contributed by atoms with van der Waals surface area (Å²) in [5, 5.41) is 0. The Kier molecular flexibility index (Phi) is 9.40. The van der Waals surface area contributed by atoms with Crippen molar-refractivity contribution in [2.45, 2.75) is 64.2 Å². The third-order valence-electron chi connectivity index (χ3n) is 4.72. The normalized spacial score (nSPS) is 19.4. The minimum Gasteiger partial charge on any atom is -0.381 e. The molecule has 0 aromatic heterocycles. The van der Waals surface area contributed by atoms with Crippen molar-refractivity contribution in [2.24, 2.45) is 11.8 Å². The molecule has 2 heterocycles. The van der Waals surface area contributed by atoms with Crippen LogP contribution in [0, 0.1) is 11.8 Å². The Balaban J connectivity index is 1.19. The van der Waals surface area contributed by atoms with Gasteiger partial charge >= 0.3 is 0 Å². The van der Waals surface area contributed by atoms with Gasteiger partial charge in [0.2, 0.25) is 0 Å². The quantitative estimate of drug-likeness (QED) is 0.450. The molecule has 2 aliphatic rings. The summed E-state index contributed by atoms with van der Waals surface area (Å²) in [6.45, 7) is 5.97. The third-order valence-corrected chi connectivity index (χ3v) is 4.72. The van der Waals surface area contributed by atoms with Crippen molar-refractivity contribution in [3.05, 3.63) is 0 Å². The van der Waals surface area contributed by atoms with Gasteiger partial charge in [-0.2, -0.15) is 0 Å². The number of unbranched alkanes of at least 4 members (excludes halogenated alkanes) is 6. The Morgan fingerprint density at radius 1 is 0.571 bits per heavy atom. The Labute approximate surface area is 130 Å². The number of hydrogen-bond acceptors (Lipinski definition) is 3. The van der Waals surface area contributed by atoms with Crippen LogP contribution in [-0.2, 0) is 14.2 Å². The van der Waals surface area contributed by atoms with E-state index in [1.165, 1.54) is 64.2 Å². The second kappa shape index (κ2) is 11.4. The topological polar surface area (TPSA) is 27.7 Å². The Hall–Kier alpha value is -0.120. The van der Waals surface area contributed by atoms with E-state index in [4.69, 9.17) is 14.2 Å². The van der Waals surface area contributed by atoms with Crippen LogP contribution in [0.3, 0.4) is 0 Å². The molecule has 0 spiro atoms. The maximum absolute atomic E-state index is 5.71. The van der Waals surface area contributed by atoms with Gasteiger partial charge in [-0.15, -0.1) is 0 Å². The Morgan fingerprint density at radius 3 is 1.38 bits per heavy atom. The lowest BCUT2D eigenvalue weighted by atomic mass is 9.99. The molecular weight excluding hydrogens is 264 g/mol. The van der Waals surface area contributed by atoms with Crippen LogP contribution in [0.5, 0.6) is 0 Å². The average Bonchev–Trinajstić information content (AvgIpc) is 2.39. The highest BCUT2D eigenvalue weighted by atomic mass is 16.5. The molecule has 0 amide bonds. The highest BCUT2D eigenvalue weighted by molar-refractivity contribution is 4.65. The fraction of sp³-hybridized carbons (Fsp3) is 1.00. The number of rotatable bonds is 14. The summed E-state index contributed by atoms with van der Waals surface area (Å²) in [6, 6.07) is 0. The van der Waals surface area contributed by atoms with Gasteiger partial charge in [-0.05, 0) is 25.7 Å². The average molecular weight is 298 g/mol. The molecule has 0 aromatic carbocycles. The van der Waals surface area contributed by atoms with Gasteiger partial charge in [0.05, 0.1) is 26.4 Å². The monoisotopic (exact) mass is 298 g/mol. The van der Waals surface area contributed by atoms with E-state index in [9.17, 15) is 0 Å². The van der Waals surface area contributed by atoms with E-state index in [1.807, 2.05) is 0 Å². The lowest BCUT2D eigenvalue weighted by molar-refractivity contribution is -0.0365. The van der Waals surface area contributed by atoms with Crippen LogP contribution in [0.1, 0.15) is 64.2 Å². The summed E-state index contributed by atoms with van der Waals surface area (Å²) in [6.07, 6.45) is 13.4. The highest BCUT2D eigenvalue weighted by Gasteiger charge is 2.17. The minimum absolute atomic E-state index is 0.873. The predicted octanol–water partition coefficient (Wildman–Crippen LogP) is 4.20. The van der Waals surface area contributed by atoms with E-state index >= 15 is 0 Å². The second-order valence-electron chi connectivity index (χ2n) is 6.83. The van der Waals surface area contributed by atoms with Crippen LogP contribution < -0.4 is 0 Å². The molecule has 2 rings (SSSR count). The summed E-state index contributed by atoms with van der Waals surface area (Å²) in [5.74, 6) is 1.75. The van der Waals surface area contributed by atoms with Gasteiger partial charge in [0.1, 0.15) is 0 Å². The fourth-order valence-electron chi connectivity index (χ4n) is 2.99. The molecule has 0 radical (unpaired) electrons. The van der Waals surface area contributed by atoms with Crippen molar-refractivity contribution in [3.8, 4) is 0 Å². The number of ether oxygens (including phenoxy) is 3. The van der Waals surface area contributed by atoms with Gasteiger partial charge in [-0.25, -0.2) is 0 Å². The first kappa shape index (κ1) is 17.2. The van der Waals surface area contributed by atoms with Crippen molar-refractivity contribution >= 4 is 0 Å². The zero-order chi connectivity index (χ0) is 14.6. The first-order valence-electron chi connectivity index (χ1n) is 9.18. The van der Waals surface area contributed by atoms with E-state index in [2.05, 4.69) is 0 Å². The van der Waals surface area contributed by atoms with Crippen LogP contribution in [0.15, 0.2) is 0 Å². The van der Waals surface area contributed by atoms with Crippen LogP contribution in [0.2, 0.25) is 0 Å². The van der Waals surface area contributed by atoms with Crippen molar-refractivity contribution in [2.75, 3.05) is 39.6 Å². The first-order valence-corrected chi connectivity index (χ1v) is 9.18. The summed E-state index contributed by atoms with van der Waals surface area (Å²) in [5.41, 5.74) is 0. The van der Waals surface area contributed by atoms with E-state index in [-0.39, 0.29) is 0 Å². The fourth-order valence-corrected chi connectivity index (χ4v) is 2.99. The van der Waals surface area contributed by atoms with Gasteiger partial charge in [0, 0.05) is 25.0 Å². The van der Waals surface area contributed by atoms with Crippen molar-refractivity contribution in [1.29, 1.82) is 0 Å². The van der Waals surface area contributed by atoms with Gasteiger partial charge in [0.15, 0.2) is 0 Å². The van der Waals surface area contributed by atoms with Crippen LogP contribution in [0.4, 0.5) is 0 Å². The molecule has 0 saturated carbocycles. The van der Waals surface area contributed by atoms with Gasteiger partial charge in [0.25, 0.3) is 0 Å². The molecule has 124 valence electrons. The molecule has 2 aliphatic heterocycles. The molecule has 0 bridgehead atoms. The molecule has 0 aromatic rings. The summed E-state index contributed by atoms with van der Waals surface area (Å²) >= 11 is 0. The van der Waals surface area contributed by atoms with Crippen LogP contribution in [0.25, 0.3) is 0 Å². The molecule has 0 unspecified atom stereocenters. The summed E-state index contributed by atoms with van der Waals surface area (Å²) in [7, 11) is 0. The third kappa shape index (κ3) is 8.18. The van der Waals surface area contributed by atoms with E-state index in [0.29, 0.717) is 0 Å². The zero-order valence-corrected chi connectivity index (χ0v) is 13.7. The van der Waals surface area contributed by atoms with Crippen LogP contribution >= 0.6 is 0 Å². The largest absolute Gasteiger partial charge is 0.381 e. The SMILES string of the molecule is C(CCCC1COC1)CCOCCCCCCC1COC1. The molecule has 0 N–H and O–H groups in total. The Bertz CT molecular complexity index is 213. The van der Waals surface area contributed by atoms with E-state index in [1.54, 1.807) is 0 Å². The van der Waals surface area contributed by atoms with Crippen molar-refractivity contribution in [3.63, 3.8) is 0 Å². The van der Waals surface area contributed by atoms with Crippen LogP contribution in [-0.4, -0.2) is 39.6 Å². The molecular formula is C18H34O3. The number of hydrogen-bond donors (Lipinski definition) is 0. The molecule has 0 aliphatic carbocycles. The van der Waals surface area contributed by atoms with Gasteiger partial charge < -0.3 is 14.2 Å². The lowest BCUT2D eigenvalue weighted by Gasteiger charge is -2.25. The van der Waals surface area contributed by atoms with Crippen molar-refractivity contribution in [1.82, 2.24) is 0 Å². The Morgan fingerprint density at radius 2 is 1.00 bits per heavy atom. The predicted molar refractivity (Wildman–Crippen MR) is 85.6 cm³/mol. The van der Waals surface area contributed by atoms with Gasteiger partial charge in [-0.1, -0.05) is 38.5 Å². The first-order chi connectivity index (χ1) is 10.4. The van der Waals surface area contributed by atoms with E-state index in [0.717, 1.165) is 51.5 Å². The molecule has 21 heavy (non-hydrogen) atoms. The molecule has 0 atom stereocenters. The van der Waals surface area contributed by atoms with Gasteiger partial charge in [-0.3, -0.25) is 0 Å². The lowest BCUT2D eigenvalue weighted by Crippen LogP contribution is -2.27. The maximum atomic E-state index is 5.71. The summed E-state index contributed by atoms with van der Waals surface area (Å²) in [4.78, 5) is 0. The highest BCUT2D eigenvalue weighted by Crippen LogP contribution is 2.19. The van der Waals surface area contributed by atoms with E-state index < -0.39 is 0 Å². The summed E-state index contributed by atoms with van der Waals surface area (Å²) < 4.78 is 16.1. The molecule has 2 fully saturated rings. The zero-order valence-electron chi connectivity index (χ0n) is 13.7. The maximum Gasteiger partial charge on any atom is 0.0516 e. The standard InChI is InChI=1S/C18H34O3/c1(5-9-17-13-20-14-17)3-7-11-19-12-8-4-2-6-10-18-15-21-16-18/h17-18H,1-16H2. The molecule has 3 heteroatoms. The second-order valence-corrected chi connectivity index (χ2v) is 6.83. The smallest absolute Gasteiger partial charge is 0.0516 e. The molecule has 2 saturated heterocycles. The van der Waals surface area contributed by atoms with Crippen molar-refractivity contribution < 1.29 is 14.2 Å². The molecule has 3 nitrogen and oxygen atoms in total. The minimum atomic E-state index is 0.873.